The Hall–Kier alpha value is -2.08. The van der Waals surface area contributed by atoms with Gasteiger partial charge < -0.3 is 5.73 Å². The Balaban J connectivity index is 2.42. The van der Waals surface area contributed by atoms with Crippen molar-refractivity contribution in [2.45, 2.75) is 6.92 Å². The number of nitrogens with zero attached hydrogens (tertiary/aromatic N) is 3. The second kappa shape index (κ2) is 4.42. The van der Waals surface area contributed by atoms with Crippen LogP contribution in [0.3, 0.4) is 0 Å². The number of aryl methyl sites for hydroxylation is 1. The van der Waals surface area contributed by atoms with Gasteiger partial charge in [-0.15, -0.1) is 5.10 Å². The molecule has 1 heterocycles. The Morgan fingerprint density at radius 1 is 1.41 bits per heavy atom. The molecule has 3 N–H and O–H groups in total. The Morgan fingerprint density at radius 3 is 2.53 bits per heavy atom. The summed E-state index contributed by atoms with van der Waals surface area (Å²) in [6.45, 7) is 1.73. The lowest BCUT2D eigenvalue weighted by atomic mass is 10.3. The van der Waals surface area contributed by atoms with Gasteiger partial charge in [0.05, 0.1) is 5.69 Å². The van der Waals surface area contributed by atoms with Crippen LogP contribution in [0.5, 0.6) is 0 Å². The van der Waals surface area contributed by atoms with E-state index in [4.69, 9.17) is 17.3 Å². The molecular weight excluding hydrogens is 242 g/mol. The first-order valence-electron chi connectivity index (χ1n) is 4.82. The SMILES string of the molecule is Cc1nc(N(C(N)=O)c2ccc(Cl)cc2)n[nH]1. The highest BCUT2D eigenvalue weighted by Gasteiger charge is 2.18. The summed E-state index contributed by atoms with van der Waals surface area (Å²) in [6, 6.07) is 5.99. The summed E-state index contributed by atoms with van der Waals surface area (Å²) < 4.78 is 0. The van der Waals surface area contributed by atoms with E-state index in [9.17, 15) is 4.79 Å². The zero-order valence-electron chi connectivity index (χ0n) is 9.01. The van der Waals surface area contributed by atoms with E-state index >= 15 is 0 Å². The number of hydrogen-bond donors (Lipinski definition) is 2. The minimum absolute atomic E-state index is 0.206. The maximum atomic E-state index is 11.4. The molecule has 1 aromatic heterocycles. The Labute approximate surface area is 102 Å². The molecule has 2 amide bonds. The molecule has 7 heteroatoms. The van der Waals surface area contributed by atoms with Gasteiger partial charge >= 0.3 is 6.03 Å². The van der Waals surface area contributed by atoms with Crippen LogP contribution in [0.15, 0.2) is 24.3 Å². The molecule has 0 saturated heterocycles. The third-order valence-corrected chi connectivity index (χ3v) is 2.34. The number of carbonyl (C=O) groups is 1. The van der Waals surface area contributed by atoms with Crippen molar-refractivity contribution < 1.29 is 4.79 Å². The van der Waals surface area contributed by atoms with Gasteiger partial charge in [-0.3, -0.25) is 5.10 Å². The molecule has 17 heavy (non-hydrogen) atoms. The second-order valence-electron chi connectivity index (χ2n) is 3.37. The van der Waals surface area contributed by atoms with Crippen molar-refractivity contribution in [3.05, 3.63) is 35.1 Å². The lowest BCUT2D eigenvalue weighted by molar-refractivity contribution is 0.256. The number of benzene rings is 1. The molecule has 0 fully saturated rings. The summed E-state index contributed by atoms with van der Waals surface area (Å²) >= 11 is 5.77. The first-order chi connectivity index (χ1) is 8.08. The normalized spacial score (nSPS) is 10.2. The molecule has 0 unspecified atom stereocenters. The molecule has 0 saturated carbocycles. The van der Waals surface area contributed by atoms with E-state index in [0.717, 1.165) is 0 Å². The van der Waals surface area contributed by atoms with E-state index in [1.165, 1.54) is 4.90 Å². The lowest BCUT2D eigenvalue weighted by Crippen LogP contribution is -2.32. The van der Waals surface area contributed by atoms with Crippen molar-refractivity contribution in [2.24, 2.45) is 5.73 Å². The number of nitrogens with two attached hydrogens (primary N) is 1. The summed E-state index contributed by atoms with van der Waals surface area (Å²) in [7, 11) is 0. The van der Waals surface area contributed by atoms with Gasteiger partial charge in [0, 0.05) is 5.02 Å². The summed E-state index contributed by atoms with van der Waals surface area (Å²) in [5.74, 6) is 0.803. The number of amides is 2. The summed E-state index contributed by atoms with van der Waals surface area (Å²) in [5.41, 5.74) is 5.86. The number of urea groups is 1. The molecular formula is C10H10ClN5O. The number of hydrogen-bond acceptors (Lipinski definition) is 3. The van der Waals surface area contributed by atoms with Crippen LogP contribution < -0.4 is 10.6 Å². The number of aromatic nitrogens is 3. The van der Waals surface area contributed by atoms with E-state index < -0.39 is 6.03 Å². The van der Waals surface area contributed by atoms with Crippen LogP contribution in [-0.4, -0.2) is 21.2 Å². The first kappa shape index (κ1) is 11.4. The third kappa shape index (κ3) is 2.36. The van der Waals surface area contributed by atoms with Crippen LogP contribution in [0.2, 0.25) is 5.02 Å². The number of carbonyl (C=O) groups excluding carboxylic acids is 1. The maximum Gasteiger partial charge on any atom is 0.326 e. The first-order valence-corrected chi connectivity index (χ1v) is 5.20. The molecule has 0 aliphatic rings. The molecule has 0 radical (unpaired) electrons. The van der Waals surface area contributed by atoms with Crippen molar-refractivity contribution in [2.75, 3.05) is 4.90 Å². The van der Waals surface area contributed by atoms with Crippen LogP contribution in [0.25, 0.3) is 0 Å². The van der Waals surface area contributed by atoms with Crippen LogP contribution >= 0.6 is 11.6 Å². The fourth-order valence-electron chi connectivity index (χ4n) is 1.36. The molecule has 0 aliphatic carbocycles. The van der Waals surface area contributed by atoms with Gasteiger partial charge in [0.15, 0.2) is 0 Å². The molecule has 2 rings (SSSR count). The second-order valence-corrected chi connectivity index (χ2v) is 3.81. The number of H-pyrrole nitrogens is 1. The largest absolute Gasteiger partial charge is 0.351 e. The van der Waals surface area contributed by atoms with E-state index in [0.29, 0.717) is 16.5 Å². The number of halogens is 1. The Morgan fingerprint density at radius 2 is 2.06 bits per heavy atom. The van der Waals surface area contributed by atoms with Crippen LogP contribution in [0.1, 0.15) is 5.82 Å². The minimum Gasteiger partial charge on any atom is -0.351 e. The maximum absolute atomic E-state index is 11.4. The molecule has 0 bridgehead atoms. The Kier molecular flexibility index (Phi) is 2.97. The number of primary amides is 1. The molecule has 88 valence electrons. The standard InChI is InChI=1S/C10H10ClN5O/c1-6-13-10(15-14-6)16(9(12)17)8-4-2-7(11)3-5-8/h2-5H,1H3,(H2,12,17)(H,13,14,15). The highest BCUT2D eigenvalue weighted by molar-refractivity contribution is 6.30. The van der Waals surface area contributed by atoms with Gasteiger partial charge in [-0.25, -0.2) is 9.69 Å². The van der Waals surface area contributed by atoms with Gasteiger partial charge in [-0.05, 0) is 31.2 Å². The number of nitrogens with one attached hydrogen (secondary N) is 1. The summed E-state index contributed by atoms with van der Waals surface area (Å²) in [5, 5.41) is 7.11. The van der Waals surface area contributed by atoms with E-state index in [2.05, 4.69) is 15.2 Å². The van der Waals surface area contributed by atoms with E-state index in [-0.39, 0.29) is 5.95 Å². The fourth-order valence-corrected chi connectivity index (χ4v) is 1.49. The molecule has 6 nitrogen and oxygen atoms in total. The summed E-state index contributed by atoms with van der Waals surface area (Å²) in [4.78, 5) is 16.7. The lowest BCUT2D eigenvalue weighted by Gasteiger charge is -2.16. The van der Waals surface area contributed by atoms with Gasteiger partial charge in [0.25, 0.3) is 5.95 Å². The molecule has 0 aliphatic heterocycles. The predicted octanol–water partition coefficient (Wildman–Crippen LogP) is 1.98. The average Bonchev–Trinajstić information content (AvgIpc) is 2.68. The van der Waals surface area contributed by atoms with Crippen molar-refractivity contribution in [1.29, 1.82) is 0 Å². The predicted molar refractivity (Wildman–Crippen MR) is 64.3 cm³/mol. The average molecular weight is 252 g/mol. The molecule has 1 aromatic carbocycles. The van der Waals surface area contributed by atoms with Crippen molar-refractivity contribution >= 4 is 29.3 Å². The molecule has 0 atom stereocenters. The quantitative estimate of drug-likeness (QED) is 0.855. The van der Waals surface area contributed by atoms with Crippen molar-refractivity contribution in [1.82, 2.24) is 15.2 Å². The minimum atomic E-state index is -0.661. The monoisotopic (exact) mass is 251 g/mol. The molecule has 0 spiro atoms. The van der Waals surface area contributed by atoms with Gasteiger partial charge in [-0.1, -0.05) is 11.6 Å². The smallest absolute Gasteiger partial charge is 0.326 e. The van der Waals surface area contributed by atoms with Crippen LogP contribution in [0.4, 0.5) is 16.4 Å². The van der Waals surface area contributed by atoms with E-state index in [1.54, 1.807) is 31.2 Å². The summed E-state index contributed by atoms with van der Waals surface area (Å²) in [6.07, 6.45) is 0. The van der Waals surface area contributed by atoms with Gasteiger partial charge in [-0.2, -0.15) is 4.98 Å². The van der Waals surface area contributed by atoms with E-state index in [1.807, 2.05) is 0 Å². The van der Waals surface area contributed by atoms with Gasteiger partial charge in [0.2, 0.25) is 0 Å². The number of aromatic amines is 1. The Bertz CT molecular complexity index is 536. The highest BCUT2D eigenvalue weighted by Crippen LogP contribution is 2.23. The topological polar surface area (TPSA) is 87.9 Å². The number of rotatable bonds is 2. The van der Waals surface area contributed by atoms with Crippen molar-refractivity contribution in [3.63, 3.8) is 0 Å². The number of anilines is 2. The van der Waals surface area contributed by atoms with Gasteiger partial charge in [0.1, 0.15) is 5.82 Å². The highest BCUT2D eigenvalue weighted by atomic mass is 35.5. The van der Waals surface area contributed by atoms with Crippen LogP contribution in [-0.2, 0) is 0 Å². The van der Waals surface area contributed by atoms with Crippen LogP contribution in [0, 0.1) is 6.92 Å². The zero-order valence-corrected chi connectivity index (χ0v) is 9.77. The zero-order chi connectivity index (χ0) is 12.4. The third-order valence-electron chi connectivity index (χ3n) is 2.09. The fraction of sp³-hybridized carbons (Fsp3) is 0.100. The molecule has 2 aromatic rings. The van der Waals surface area contributed by atoms with Crippen molar-refractivity contribution in [3.8, 4) is 0 Å².